The maximum atomic E-state index is 10.8. The van der Waals surface area contributed by atoms with Crippen molar-refractivity contribution in [3.05, 3.63) is 0 Å². The Morgan fingerprint density at radius 1 is 0.700 bits per heavy atom. The van der Waals surface area contributed by atoms with E-state index in [4.69, 9.17) is 21.7 Å². The molecular weight excluding hydrogens is 264 g/mol. The highest BCUT2D eigenvalue weighted by molar-refractivity contribution is 5.74. The number of aliphatic hydroxyl groups is 2. The quantitative estimate of drug-likeness (QED) is 0.292. The average molecular weight is 290 g/mol. The second kappa shape index (κ2) is 11.6. The Balaban J connectivity index is 4.21. The van der Waals surface area contributed by atoms with Gasteiger partial charge in [0.15, 0.2) is 0 Å². The fourth-order valence-electron chi connectivity index (χ4n) is 1.77. The number of hydrogen-bond donors (Lipinski definition) is 4. The van der Waals surface area contributed by atoms with Crippen LogP contribution in [0, 0.1) is 0 Å². The van der Waals surface area contributed by atoms with Crippen molar-refractivity contribution in [1.82, 2.24) is 9.80 Å². The van der Waals surface area contributed by atoms with Crippen molar-refractivity contribution in [2.45, 2.75) is 12.8 Å². The van der Waals surface area contributed by atoms with Crippen LogP contribution < -0.4 is 11.5 Å². The maximum Gasteiger partial charge on any atom is 0.218 e. The van der Waals surface area contributed by atoms with Crippen molar-refractivity contribution >= 4 is 11.8 Å². The fourth-order valence-corrected chi connectivity index (χ4v) is 1.77. The molecule has 0 saturated carbocycles. The Kier molecular flexibility index (Phi) is 10.9. The molecule has 0 saturated heterocycles. The van der Waals surface area contributed by atoms with Crippen LogP contribution in [0.5, 0.6) is 0 Å². The molecule has 8 heteroatoms. The van der Waals surface area contributed by atoms with Crippen molar-refractivity contribution in [3.8, 4) is 0 Å². The molecule has 20 heavy (non-hydrogen) atoms. The summed E-state index contributed by atoms with van der Waals surface area (Å²) in [6.07, 6.45) is 0.442. The summed E-state index contributed by atoms with van der Waals surface area (Å²) in [7, 11) is 0. The number of carbonyl (C=O) groups is 2. The largest absolute Gasteiger partial charge is 0.395 e. The third kappa shape index (κ3) is 10.7. The molecule has 0 unspecified atom stereocenters. The summed E-state index contributed by atoms with van der Waals surface area (Å²) in [4.78, 5) is 25.5. The molecule has 0 heterocycles. The lowest BCUT2D eigenvalue weighted by atomic mass is 10.3. The van der Waals surface area contributed by atoms with Crippen molar-refractivity contribution in [2.24, 2.45) is 11.5 Å². The first-order chi connectivity index (χ1) is 9.49. The van der Waals surface area contributed by atoms with E-state index in [0.29, 0.717) is 39.3 Å². The van der Waals surface area contributed by atoms with Gasteiger partial charge in [-0.3, -0.25) is 14.5 Å². The summed E-state index contributed by atoms with van der Waals surface area (Å²) >= 11 is 0. The predicted molar refractivity (Wildman–Crippen MR) is 74.7 cm³/mol. The number of rotatable bonds is 13. The third-order valence-corrected chi connectivity index (χ3v) is 2.91. The van der Waals surface area contributed by atoms with Gasteiger partial charge in [-0.05, 0) is 0 Å². The van der Waals surface area contributed by atoms with E-state index in [1.165, 1.54) is 0 Å². The summed E-state index contributed by atoms with van der Waals surface area (Å²) in [5.41, 5.74) is 10.2. The van der Waals surface area contributed by atoms with Gasteiger partial charge in [0.25, 0.3) is 0 Å². The molecule has 6 N–H and O–H groups in total. The number of primary amides is 2. The lowest BCUT2D eigenvalue weighted by molar-refractivity contribution is -0.118. The standard InChI is InChI=1S/C12H26N4O4/c13-11(19)1-3-15(4-2-12(14)20)5-6-16(7-9-17)8-10-18/h17-18H,1-10H2,(H2,13,19)(H2,14,20). The zero-order valence-electron chi connectivity index (χ0n) is 11.8. The van der Waals surface area contributed by atoms with Gasteiger partial charge in [-0.2, -0.15) is 0 Å². The summed E-state index contributed by atoms with van der Waals surface area (Å²) < 4.78 is 0. The van der Waals surface area contributed by atoms with Crippen molar-refractivity contribution in [3.63, 3.8) is 0 Å². The zero-order chi connectivity index (χ0) is 15.4. The van der Waals surface area contributed by atoms with Gasteiger partial charge in [-0.25, -0.2) is 0 Å². The lowest BCUT2D eigenvalue weighted by Gasteiger charge is -2.26. The Morgan fingerprint density at radius 2 is 1.05 bits per heavy atom. The molecule has 0 aromatic rings. The van der Waals surface area contributed by atoms with Crippen LogP contribution in [0.15, 0.2) is 0 Å². The Morgan fingerprint density at radius 3 is 1.35 bits per heavy atom. The van der Waals surface area contributed by atoms with E-state index in [9.17, 15) is 9.59 Å². The fraction of sp³-hybridized carbons (Fsp3) is 0.833. The van der Waals surface area contributed by atoms with Gasteiger partial charge in [-0.15, -0.1) is 0 Å². The van der Waals surface area contributed by atoms with Gasteiger partial charge in [-0.1, -0.05) is 0 Å². The third-order valence-electron chi connectivity index (χ3n) is 2.91. The SMILES string of the molecule is NC(=O)CCN(CCC(N)=O)CCN(CCO)CCO. The van der Waals surface area contributed by atoms with Gasteiger partial charge < -0.3 is 26.6 Å². The summed E-state index contributed by atoms with van der Waals surface area (Å²) in [5.74, 6) is -0.784. The molecule has 8 nitrogen and oxygen atoms in total. The van der Waals surface area contributed by atoms with Crippen molar-refractivity contribution < 1.29 is 19.8 Å². The van der Waals surface area contributed by atoms with Gasteiger partial charge in [0.05, 0.1) is 13.2 Å². The molecule has 0 rings (SSSR count). The van der Waals surface area contributed by atoms with Gasteiger partial charge in [0.2, 0.25) is 11.8 Å². The minimum atomic E-state index is -0.392. The van der Waals surface area contributed by atoms with Crippen LogP contribution in [-0.2, 0) is 9.59 Å². The molecule has 0 radical (unpaired) electrons. The molecule has 118 valence electrons. The second-order valence-electron chi connectivity index (χ2n) is 4.56. The maximum absolute atomic E-state index is 10.8. The number of aliphatic hydroxyl groups excluding tert-OH is 2. The molecule has 0 aliphatic carbocycles. The summed E-state index contributed by atoms with van der Waals surface area (Å²) in [6.45, 7) is 3.15. The highest BCUT2D eigenvalue weighted by Gasteiger charge is 2.11. The highest BCUT2D eigenvalue weighted by atomic mass is 16.3. The molecule has 0 aliphatic rings. The van der Waals surface area contributed by atoms with Crippen LogP contribution in [0.2, 0.25) is 0 Å². The van der Waals surface area contributed by atoms with Gasteiger partial charge in [0.1, 0.15) is 0 Å². The molecular formula is C12H26N4O4. The highest BCUT2D eigenvalue weighted by Crippen LogP contribution is 1.97. The molecule has 0 bridgehead atoms. The topological polar surface area (TPSA) is 133 Å². The zero-order valence-corrected chi connectivity index (χ0v) is 11.8. The molecule has 0 atom stereocenters. The molecule has 0 spiro atoms. The Labute approximate surface area is 119 Å². The first-order valence-corrected chi connectivity index (χ1v) is 6.72. The molecule has 0 aromatic heterocycles. The average Bonchev–Trinajstić information content (AvgIpc) is 2.37. The minimum Gasteiger partial charge on any atom is -0.395 e. The number of hydrogen-bond acceptors (Lipinski definition) is 6. The van der Waals surface area contributed by atoms with Crippen LogP contribution >= 0.6 is 0 Å². The van der Waals surface area contributed by atoms with Crippen molar-refractivity contribution in [1.29, 1.82) is 0 Å². The van der Waals surface area contributed by atoms with Gasteiger partial charge in [0, 0.05) is 52.1 Å². The predicted octanol–water partition coefficient (Wildman–Crippen LogP) is -2.67. The molecule has 0 aliphatic heterocycles. The minimum absolute atomic E-state index is 0.0164. The monoisotopic (exact) mass is 290 g/mol. The van der Waals surface area contributed by atoms with E-state index in [1.54, 1.807) is 0 Å². The number of nitrogens with zero attached hydrogens (tertiary/aromatic N) is 2. The van der Waals surface area contributed by atoms with E-state index in [2.05, 4.69) is 0 Å². The van der Waals surface area contributed by atoms with Crippen LogP contribution in [-0.4, -0.2) is 84.3 Å². The first-order valence-electron chi connectivity index (χ1n) is 6.72. The molecule has 2 amide bonds. The van der Waals surface area contributed by atoms with Crippen LogP contribution in [0.3, 0.4) is 0 Å². The van der Waals surface area contributed by atoms with E-state index in [0.717, 1.165) is 0 Å². The van der Waals surface area contributed by atoms with E-state index >= 15 is 0 Å². The number of amides is 2. The van der Waals surface area contributed by atoms with Crippen molar-refractivity contribution in [2.75, 3.05) is 52.5 Å². The van der Waals surface area contributed by atoms with Crippen LogP contribution in [0.4, 0.5) is 0 Å². The molecule has 0 fully saturated rings. The smallest absolute Gasteiger partial charge is 0.218 e. The summed E-state index contributed by atoms with van der Waals surface area (Å²) in [6, 6.07) is 0. The van der Waals surface area contributed by atoms with E-state index in [1.807, 2.05) is 9.80 Å². The van der Waals surface area contributed by atoms with Crippen LogP contribution in [0.1, 0.15) is 12.8 Å². The summed E-state index contributed by atoms with van der Waals surface area (Å²) in [5, 5.41) is 17.8. The number of carbonyl (C=O) groups excluding carboxylic acids is 2. The lowest BCUT2D eigenvalue weighted by Crippen LogP contribution is -2.40. The van der Waals surface area contributed by atoms with Gasteiger partial charge >= 0.3 is 0 Å². The van der Waals surface area contributed by atoms with E-state index in [-0.39, 0.29) is 26.1 Å². The second-order valence-corrected chi connectivity index (χ2v) is 4.56. The Hall–Kier alpha value is -1.22. The number of nitrogens with two attached hydrogens (primary N) is 2. The molecule has 0 aromatic carbocycles. The Bertz CT molecular complexity index is 265. The normalized spacial score (nSPS) is 11.2. The first kappa shape index (κ1) is 18.8. The van der Waals surface area contributed by atoms with E-state index < -0.39 is 11.8 Å². The van der Waals surface area contributed by atoms with Crippen LogP contribution in [0.25, 0.3) is 0 Å².